The van der Waals surface area contributed by atoms with E-state index in [0.717, 1.165) is 0 Å². The van der Waals surface area contributed by atoms with Crippen molar-refractivity contribution in [3.8, 4) is 5.75 Å². The van der Waals surface area contributed by atoms with Crippen LogP contribution in [0.4, 0.5) is 0 Å². The maximum atomic E-state index is 13.0. The lowest BCUT2D eigenvalue weighted by Gasteiger charge is -2.31. The predicted molar refractivity (Wildman–Crippen MR) is 102 cm³/mol. The van der Waals surface area contributed by atoms with Crippen LogP contribution >= 0.6 is 23.2 Å². The summed E-state index contributed by atoms with van der Waals surface area (Å²) in [7, 11) is -1.81. The third-order valence-electron chi connectivity index (χ3n) is 4.63. The predicted octanol–water partition coefficient (Wildman–Crippen LogP) is 3.58. The van der Waals surface area contributed by atoms with Gasteiger partial charge in [-0.25, -0.2) is 8.42 Å². The normalized spacial score (nSPS) is 16.8. The molecule has 1 saturated heterocycles. The lowest BCUT2D eigenvalue weighted by molar-refractivity contribution is 0.135. The Hall–Kier alpha value is -1.28. The summed E-state index contributed by atoms with van der Waals surface area (Å²) in [5.74, 6) is 0.566. The second kappa shape index (κ2) is 7.38. The van der Waals surface area contributed by atoms with Crippen molar-refractivity contribution in [3.05, 3.63) is 39.6 Å². The van der Waals surface area contributed by atoms with Crippen LogP contribution in [0.3, 0.4) is 0 Å². The second-order valence-electron chi connectivity index (χ2n) is 6.42. The van der Waals surface area contributed by atoms with Gasteiger partial charge in [0.1, 0.15) is 16.7 Å². The number of halogens is 2. The molecule has 2 heterocycles. The van der Waals surface area contributed by atoms with E-state index in [1.807, 2.05) is 0 Å². The van der Waals surface area contributed by atoms with E-state index < -0.39 is 10.0 Å². The Kier molecular flexibility index (Phi) is 5.53. The number of ether oxygens (including phenoxy) is 1. The Balaban J connectivity index is 1.70. The Bertz CT molecular complexity index is 920. The molecule has 0 unspecified atom stereocenters. The van der Waals surface area contributed by atoms with Gasteiger partial charge in [0, 0.05) is 25.2 Å². The summed E-state index contributed by atoms with van der Waals surface area (Å²) in [6, 6.07) is 5.08. The number of aromatic nitrogens is 2. The van der Waals surface area contributed by atoms with Gasteiger partial charge >= 0.3 is 0 Å². The van der Waals surface area contributed by atoms with Crippen molar-refractivity contribution in [1.29, 1.82) is 0 Å². The molecule has 0 radical (unpaired) electrons. The first-order valence-corrected chi connectivity index (χ1v) is 10.5. The van der Waals surface area contributed by atoms with E-state index in [-0.39, 0.29) is 6.10 Å². The van der Waals surface area contributed by atoms with E-state index in [4.69, 9.17) is 27.9 Å². The first-order valence-electron chi connectivity index (χ1n) is 8.32. The minimum Gasteiger partial charge on any atom is -0.489 e. The van der Waals surface area contributed by atoms with Crippen LogP contribution in [0.25, 0.3) is 0 Å². The number of sulfonamides is 1. The lowest BCUT2D eigenvalue weighted by Crippen LogP contribution is -2.42. The molecule has 0 N–H and O–H groups in total. The fourth-order valence-electron chi connectivity index (χ4n) is 3.20. The molecule has 0 aliphatic carbocycles. The molecule has 6 nitrogen and oxygen atoms in total. The highest BCUT2D eigenvalue weighted by atomic mass is 35.5. The molecule has 142 valence electrons. The maximum absolute atomic E-state index is 13.0. The van der Waals surface area contributed by atoms with Crippen molar-refractivity contribution in [3.63, 3.8) is 0 Å². The van der Waals surface area contributed by atoms with Crippen molar-refractivity contribution in [2.75, 3.05) is 13.1 Å². The quantitative estimate of drug-likeness (QED) is 0.762. The zero-order valence-electron chi connectivity index (χ0n) is 14.9. The SMILES string of the molecule is Cc1nn(C)c(C)c1S(=O)(=O)N1CCC(Oc2ccc(Cl)cc2Cl)CC1. The van der Waals surface area contributed by atoms with E-state index in [9.17, 15) is 8.42 Å². The van der Waals surface area contributed by atoms with Gasteiger partial charge in [0.2, 0.25) is 10.0 Å². The van der Waals surface area contributed by atoms with Gasteiger partial charge in [-0.3, -0.25) is 4.68 Å². The molecular weight excluding hydrogens is 397 g/mol. The first kappa shape index (κ1) is 19.5. The largest absolute Gasteiger partial charge is 0.489 e. The maximum Gasteiger partial charge on any atom is 0.246 e. The van der Waals surface area contributed by atoms with Gasteiger partial charge in [-0.15, -0.1) is 0 Å². The van der Waals surface area contributed by atoms with Crippen molar-refractivity contribution in [2.24, 2.45) is 7.05 Å². The summed E-state index contributed by atoms with van der Waals surface area (Å²) in [6.45, 7) is 4.28. The van der Waals surface area contributed by atoms with Crippen LogP contribution < -0.4 is 4.74 Å². The van der Waals surface area contributed by atoms with Crippen molar-refractivity contribution < 1.29 is 13.2 Å². The van der Waals surface area contributed by atoms with Crippen LogP contribution in [0.5, 0.6) is 5.75 Å². The number of hydrogen-bond acceptors (Lipinski definition) is 4. The zero-order valence-corrected chi connectivity index (χ0v) is 17.2. The number of benzene rings is 1. The number of rotatable bonds is 4. The topological polar surface area (TPSA) is 64.4 Å². The molecule has 1 aromatic carbocycles. The van der Waals surface area contributed by atoms with Gasteiger partial charge in [-0.05, 0) is 44.9 Å². The fourth-order valence-corrected chi connectivity index (χ4v) is 5.52. The molecule has 2 aromatic rings. The molecule has 26 heavy (non-hydrogen) atoms. The zero-order chi connectivity index (χ0) is 19.1. The van der Waals surface area contributed by atoms with Crippen LogP contribution in [0.2, 0.25) is 10.0 Å². The smallest absolute Gasteiger partial charge is 0.246 e. The van der Waals surface area contributed by atoms with Gasteiger partial charge in [0.15, 0.2) is 0 Å². The van der Waals surface area contributed by atoms with Gasteiger partial charge in [-0.2, -0.15) is 9.40 Å². The van der Waals surface area contributed by atoms with Gasteiger partial charge in [-0.1, -0.05) is 23.2 Å². The van der Waals surface area contributed by atoms with Gasteiger partial charge in [0.25, 0.3) is 0 Å². The number of nitrogens with zero attached hydrogens (tertiary/aromatic N) is 3. The molecule has 0 saturated carbocycles. The van der Waals surface area contributed by atoms with E-state index >= 15 is 0 Å². The molecular formula is C17H21Cl2N3O3S. The summed E-state index contributed by atoms with van der Waals surface area (Å²) in [5.41, 5.74) is 1.17. The Morgan fingerprint density at radius 2 is 1.85 bits per heavy atom. The van der Waals surface area contributed by atoms with Crippen LogP contribution in [0.1, 0.15) is 24.2 Å². The average Bonchev–Trinajstić information content (AvgIpc) is 2.83. The molecule has 0 amide bonds. The lowest BCUT2D eigenvalue weighted by atomic mass is 10.1. The molecule has 0 atom stereocenters. The summed E-state index contributed by atoms with van der Waals surface area (Å²) >= 11 is 12.0. The van der Waals surface area contributed by atoms with Crippen molar-refractivity contribution in [2.45, 2.75) is 37.7 Å². The third kappa shape index (κ3) is 3.71. The highest BCUT2D eigenvalue weighted by Crippen LogP contribution is 2.31. The molecule has 9 heteroatoms. The molecule has 1 aliphatic heterocycles. The Morgan fingerprint density at radius 3 is 2.38 bits per heavy atom. The average molecular weight is 418 g/mol. The Labute approximate surface area is 163 Å². The molecule has 1 aliphatic rings. The summed E-state index contributed by atoms with van der Waals surface area (Å²) in [5, 5.41) is 5.22. The molecule has 0 spiro atoms. The van der Waals surface area contributed by atoms with E-state index in [1.54, 1.807) is 43.8 Å². The summed E-state index contributed by atoms with van der Waals surface area (Å²) in [4.78, 5) is 0.306. The summed E-state index contributed by atoms with van der Waals surface area (Å²) < 4.78 is 35.0. The number of aryl methyl sites for hydroxylation is 2. The van der Waals surface area contributed by atoms with Gasteiger partial charge in [0.05, 0.1) is 16.4 Å². The van der Waals surface area contributed by atoms with E-state index in [1.165, 1.54) is 4.31 Å². The highest BCUT2D eigenvalue weighted by molar-refractivity contribution is 7.89. The van der Waals surface area contributed by atoms with Crippen molar-refractivity contribution >= 4 is 33.2 Å². The van der Waals surface area contributed by atoms with Crippen LogP contribution in [0.15, 0.2) is 23.1 Å². The number of piperidine rings is 1. The van der Waals surface area contributed by atoms with Crippen LogP contribution in [-0.4, -0.2) is 41.7 Å². The molecule has 1 fully saturated rings. The minimum atomic E-state index is -3.56. The Morgan fingerprint density at radius 1 is 1.19 bits per heavy atom. The standard InChI is InChI=1S/C17H21Cl2N3O3S/c1-11-17(12(2)21(3)20-11)26(23,24)22-8-6-14(7-9-22)25-16-5-4-13(18)10-15(16)19/h4-5,10,14H,6-9H2,1-3H3. The van der Waals surface area contributed by atoms with Crippen molar-refractivity contribution in [1.82, 2.24) is 14.1 Å². The van der Waals surface area contributed by atoms with Crippen LogP contribution in [0, 0.1) is 13.8 Å². The highest BCUT2D eigenvalue weighted by Gasteiger charge is 2.34. The fraction of sp³-hybridized carbons (Fsp3) is 0.471. The molecule has 3 rings (SSSR count). The second-order valence-corrected chi connectivity index (χ2v) is 9.14. The molecule has 1 aromatic heterocycles. The summed E-state index contributed by atoms with van der Waals surface area (Å²) in [6.07, 6.45) is 1.10. The van der Waals surface area contributed by atoms with Gasteiger partial charge < -0.3 is 4.74 Å². The monoisotopic (exact) mass is 417 g/mol. The third-order valence-corrected chi connectivity index (χ3v) is 7.31. The number of hydrogen-bond donors (Lipinski definition) is 0. The minimum absolute atomic E-state index is 0.0868. The first-order chi connectivity index (χ1) is 12.2. The van der Waals surface area contributed by atoms with Crippen LogP contribution in [-0.2, 0) is 17.1 Å². The molecule has 0 bridgehead atoms. The van der Waals surface area contributed by atoms with E-state index in [2.05, 4.69) is 5.10 Å². The van der Waals surface area contributed by atoms with E-state index in [0.29, 0.717) is 58.0 Å².